The van der Waals surface area contributed by atoms with Gasteiger partial charge in [0.1, 0.15) is 0 Å². The van der Waals surface area contributed by atoms with Gasteiger partial charge in [-0.1, -0.05) is 23.7 Å². The number of aryl methyl sites for hydroxylation is 1. The van der Waals surface area contributed by atoms with Crippen molar-refractivity contribution in [3.63, 3.8) is 0 Å². The van der Waals surface area contributed by atoms with E-state index in [1.807, 2.05) is 0 Å². The number of aromatic nitrogens is 4. The molecule has 2 aromatic heterocycles. The highest BCUT2D eigenvalue weighted by Crippen LogP contribution is 2.36. The number of ether oxygens (including phenoxy) is 1. The van der Waals surface area contributed by atoms with Crippen LogP contribution in [-0.4, -0.2) is 29.9 Å². The van der Waals surface area contributed by atoms with Crippen molar-refractivity contribution in [2.45, 2.75) is 12.7 Å². The first-order chi connectivity index (χ1) is 16.4. The first-order valence-corrected chi connectivity index (χ1v) is 10.1. The Morgan fingerprint density at radius 1 is 1.17 bits per heavy atom. The van der Waals surface area contributed by atoms with E-state index in [2.05, 4.69) is 9.72 Å². The molecule has 0 atom stereocenters. The third kappa shape index (κ3) is 4.33. The highest BCUT2D eigenvalue weighted by Gasteiger charge is 2.34. The Morgan fingerprint density at radius 3 is 2.54 bits per heavy atom. The normalized spacial score (nSPS) is 11.7. The van der Waals surface area contributed by atoms with E-state index in [1.165, 1.54) is 35.9 Å². The largest absolute Gasteiger partial charge is 0.511 e. The van der Waals surface area contributed by atoms with Gasteiger partial charge < -0.3 is 14.8 Å². The van der Waals surface area contributed by atoms with E-state index >= 15 is 0 Å². The molecule has 4 rings (SSSR count). The first kappa shape index (κ1) is 23.9. The Morgan fingerprint density at radius 2 is 1.89 bits per heavy atom. The highest BCUT2D eigenvalue weighted by molar-refractivity contribution is 6.32. The fraction of sp³-hybridized carbons (Fsp3) is 0.143. The van der Waals surface area contributed by atoms with Gasteiger partial charge in [-0.05, 0) is 29.8 Å². The number of benzene rings is 2. The molecule has 0 spiro atoms. The lowest BCUT2D eigenvalue weighted by atomic mass is 10.1. The predicted octanol–water partition coefficient (Wildman–Crippen LogP) is 2.96. The fourth-order valence-corrected chi connectivity index (χ4v) is 3.83. The number of rotatable bonds is 4. The third-order valence-electron chi connectivity index (χ3n) is 5.21. The Bertz CT molecular complexity index is 1670. The molecule has 0 amide bonds. The van der Waals surface area contributed by atoms with Crippen LogP contribution in [0, 0.1) is 0 Å². The summed E-state index contributed by atoms with van der Waals surface area (Å²) in [6.07, 6.45) is -5.79. The second-order valence-corrected chi connectivity index (χ2v) is 7.75. The molecular formula is C21H14ClF3N4O6. The van der Waals surface area contributed by atoms with E-state index in [4.69, 9.17) is 16.7 Å². The summed E-state index contributed by atoms with van der Waals surface area (Å²) < 4.78 is 46.9. The Balaban J connectivity index is 1.93. The zero-order chi connectivity index (χ0) is 25.7. The summed E-state index contributed by atoms with van der Waals surface area (Å²) in [5.41, 5.74) is -3.06. The lowest BCUT2D eigenvalue weighted by molar-refractivity contribution is -0.137. The number of imidazole rings is 1. The van der Waals surface area contributed by atoms with Gasteiger partial charge in [0.15, 0.2) is 0 Å². The highest BCUT2D eigenvalue weighted by atomic mass is 35.5. The van der Waals surface area contributed by atoms with Crippen LogP contribution in [0.25, 0.3) is 16.7 Å². The second-order valence-electron chi connectivity index (χ2n) is 7.37. The third-order valence-corrected chi connectivity index (χ3v) is 5.66. The quantitative estimate of drug-likeness (QED) is 0.406. The van der Waals surface area contributed by atoms with Crippen molar-refractivity contribution in [3.05, 3.63) is 90.1 Å². The van der Waals surface area contributed by atoms with Crippen LogP contribution in [0.5, 0.6) is 5.75 Å². The van der Waals surface area contributed by atoms with Crippen LogP contribution in [0.4, 0.5) is 18.0 Å². The average Bonchev–Trinajstić information content (AvgIpc) is 3.06. The summed E-state index contributed by atoms with van der Waals surface area (Å²) in [6.45, 7) is -0.707. The number of hydrogen-bond acceptors (Lipinski definition) is 5. The number of carbonyl (C=O) groups is 1. The number of hydrogen-bond donors (Lipinski definition) is 2. The Kier molecular flexibility index (Phi) is 5.80. The predicted molar refractivity (Wildman–Crippen MR) is 118 cm³/mol. The average molecular weight is 511 g/mol. The summed E-state index contributed by atoms with van der Waals surface area (Å²) in [5.74, 6) is -0.776. The van der Waals surface area contributed by atoms with Gasteiger partial charge >= 0.3 is 23.7 Å². The van der Waals surface area contributed by atoms with Crippen LogP contribution < -0.4 is 21.7 Å². The van der Waals surface area contributed by atoms with Crippen LogP contribution >= 0.6 is 11.6 Å². The van der Waals surface area contributed by atoms with Gasteiger partial charge in [-0.2, -0.15) is 13.2 Å². The maximum Gasteiger partial charge on any atom is 0.511 e. The lowest BCUT2D eigenvalue weighted by Gasteiger charge is -2.15. The van der Waals surface area contributed by atoms with E-state index in [-0.39, 0.29) is 11.3 Å². The van der Waals surface area contributed by atoms with Crippen molar-refractivity contribution in [3.8, 4) is 11.4 Å². The molecule has 0 aliphatic carbocycles. The molecule has 2 heterocycles. The van der Waals surface area contributed by atoms with Gasteiger partial charge in [0, 0.05) is 7.05 Å². The van der Waals surface area contributed by atoms with E-state index in [0.29, 0.717) is 15.6 Å². The molecule has 35 heavy (non-hydrogen) atoms. The van der Waals surface area contributed by atoms with Crippen molar-refractivity contribution in [1.82, 2.24) is 18.7 Å². The lowest BCUT2D eigenvalue weighted by Crippen LogP contribution is -2.40. The SMILES string of the molecule is Cn1c(=O)[nH]c2cc(-n3cc(OC(=O)O)c(=O)n(Cc4cccc(C(F)(F)F)c4Cl)c3=O)ccc21. The smallest absolute Gasteiger partial charge is 0.449 e. The van der Waals surface area contributed by atoms with Gasteiger partial charge in [0.2, 0.25) is 5.75 Å². The second kappa shape index (κ2) is 8.51. The molecule has 0 bridgehead atoms. The Hall–Kier alpha value is -4.26. The van der Waals surface area contributed by atoms with Crippen LogP contribution in [-0.2, 0) is 19.8 Å². The standard InChI is InChI=1S/C21H14ClF3N4O6/c1-27-14-6-5-11(7-13(14)26-18(27)31)28-9-15(35-20(33)34)17(30)29(19(28)32)8-10-3-2-4-12(16(10)22)21(23,24)25/h2-7,9H,8H2,1H3,(H,26,31)(H,33,34). The number of H-pyrrole nitrogens is 1. The minimum Gasteiger partial charge on any atom is -0.449 e. The summed E-state index contributed by atoms with van der Waals surface area (Å²) in [5, 5.41) is 8.28. The van der Waals surface area contributed by atoms with Crippen molar-refractivity contribution in [2.24, 2.45) is 7.05 Å². The minimum atomic E-state index is -4.78. The molecule has 182 valence electrons. The fourth-order valence-electron chi connectivity index (χ4n) is 3.53. The molecule has 14 heteroatoms. The van der Waals surface area contributed by atoms with Gasteiger partial charge in [-0.15, -0.1) is 0 Å². The summed E-state index contributed by atoms with van der Waals surface area (Å²) in [4.78, 5) is 51.6. The van der Waals surface area contributed by atoms with E-state index < -0.39 is 52.2 Å². The molecule has 0 radical (unpaired) electrons. The van der Waals surface area contributed by atoms with Crippen LogP contribution in [0.2, 0.25) is 5.02 Å². The van der Waals surface area contributed by atoms with Gasteiger partial charge in [-0.3, -0.25) is 18.5 Å². The van der Waals surface area contributed by atoms with Gasteiger partial charge in [0.05, 0.1) is 40.0 Å². The molecule has 0 aliphatic heterocycles. The van der Waals surface area contributed by atoms with Crippen LogP contribution in [0.1, 0.15) is 11.1 Å². The summed E-state index contributed by atoms with van der Waals surface area (Å²) >= 11 is 5.91. The number of aromatic amines is 1. The maximum absolute atomic E-state index is 13.2. The zero-order valence-electron chi connectivity index (χ0n) is 17.6. The van der Waals surface area contributed by atoms with Gasteiger partial charge in [0.25, 0.3) is 5.56 Å². The van der Waals surface area contributed by atoms with Crippen molar-refractivity contribution in [1.29, 1.82) is 0 Å². The van der Waals surface area contributed by atoms with E-state index in [9.17, 15) is 32.3 Å². The first-order valence-electron chi connectivity index (χ1n) is 9.69. The van der Waals surface area contributed by atoms with Crippen molar-refractivity contribution in [2.75, 3.05) is 0 Å². The molecule has 0 saturated heterocycles. The molecule has 10 nitrogen and oxygen atoms in total. The molecule has 0 unspecified atom stereocenters. The van der Waals surface area contributed by atoms with Crippen molar-refractivity contribution < 1.29 is 27.8 Å². The molecule has 0 aliphatic rings. The monoisotopic (exact) mass is 510 g/mol. The van der Waals surface area contributed by atoms with E-state index in [1.54, 1.807) is 0 Å². The topological polar surface area (TPSA) is 128 Å². The van der Waals surface area contributed by atoms with E-state index in [0.717, 1.165) is 22.9 Å². The number of alkyl halides is 3. The molecular weight excluding hydrogens is 497 g/mol. The summed E-state index contributed by atoms with van der Waals surface area (Å²) in [6, 6.07) is 7.32. The van der Waals surface area contributed by atoms with Gasteiger partial charge in [-0.25, -0.2) is 14.4 Å². The number of nitrogens with zero attached hydrogens (tertiary/aromatic N) is 3. The van der Waals surface area contributed by atoms with Crippen LogP contribution in [0.15, 0.2) is 57.0 Å². The number of nitrogens with one attached hydrogen (secondary N) is 1. The molecule has 2 N–H and O–H groups in total. The van der Waals surface area contributed by atoms with Crippen molar-refractivity contribution >= 4 is 28.8 Å². The maximum atomic E-state index is 13.2. The number of carboxylic acid groups (broad SMARTS) is 1. The molecule has 4 aromatic rings. The molecule has 0 saturated carbocycles. The molecule has 2 aromatic carbocycles. The minimum absolute atomic E-state index is 0.114. The zero-order valence-corrected chi connectivity index (χ0v) is 18.3. The number of halogens is 4. The Labute approximate surface area is 197 Å². The van der Waals surface area contributed by atoms with Crippen LogP contribution in [0.3, 0.4) is 0 Å². The summed E-state index contributed by atoms with van der Waals surface area (Å²) in [7, 11) is 1.52. The molecule has 0 fully saturated rings. The number of fused-ring (bicyclic) bond motifs is 1.